The number of hydrogen-bond acceptors (Lipinski definition) is 4. The minimum absolute atomic E-state index is 0.171. The second-order valence-corrected chi connectivity index (χ2v) is 7.53. The van der Waals surface area contributed by atoms with E-state index < -0.39 is 30.0 Å². The van der Waals surface area contributed by atoms with Crippen molar-refractivity contribution >= 4 is 5.97 Å². The fraction of sp³-hybridized carbons (Fsp3) is 0.240. The van der Waals surface area contributed by atoms with Crippen molar-refractivity contribution in [1.82, 2.24) is 4.90 Å². The fourth-order valence-corrected chi connectivity index (χ4v) is 3.80. The Morgan fingerprint density at radius 3 is 2.34 bits per heavy atom. The monoisotopic (exact) mass is 441 g/mol. The summed E-state index contributed by atoms with van der Waals surface area (Å²) in [7, 11) is 0. The number of alkyl halides is 3. The second kappa shape index (κ2) is 9.54. The van der Waals surface area contributed by atoms with Crippen molar-refractivity contribution in [3.8, 4) is 0 Å². The van der Waals surface area contributed by atoms with E-state index in [2.05, 4.69) is 4.90 Å². The zero-order valence-electron chi connectivity index (χ0n) is 17.2. The second-order valence-electron chi connectivity index (χ2n) is 7.53. The molecule has 0 aromatic heterocycles. The van der Waals surface area contributed by atoms with E-state index in [1.165, 1.54) is 12.1 Å². The Hall–Kier alpha value is -3.16. The first kappa shape index (κ1) is 22.0. The molecule has 3 aromatic rings. The molecule has 3 aromatic carbocycles. The number of halogens is 3. The number of carbonyl (C=O) groups is 1. The highest BCUT2D eigenvalue weighted by atomic mass is 19.4. The van der Waals surface area contributed by atoms with E-state index in [9.17, 15) is 18.0 Å². The van der Waals surface area contributed by atoms with Gasteiger partial charge in [0.1, 0.15) is 0 Å². The smallest absolute Gasteiger partial charge is 0.416 e. The van der Waals surface area contributed by atoms with Gasteiger partial charge in [-0.1, -0.05) is 66.7 Å². The van der Waals surface area contributed by atoms with Gasteiger partial charge in [-0.3, -0.25) is 4.90 Å². The zero-order valence-corrected chi connectivity index (χ0v) is 17.2. The summed E-state index contributed by atoms with van der Waals surface area (Å²) in [5, 5.41) is 0. The minimum Gasteiger partial charge on any atom is -0.430 e. The molecule has 0 bridgehead atoms. The minimum atomic E-state index is -4.54. The first-order chi connectivity index (χ1) is 15.4. The maximum absolute atomic E-state index is 13.0. The maximum Gasteiger partial charge on any atom is 0.416 e. The molecule has 4 rings (SSSR count). The summed E-state index contributed by atoms with van der Waals surface area (Å²) < 4.78 is 50.5. The summed E-state index contributed by atoms with van der Waals surface area (Å²) >= 11 is 0. The molecule has 0 N–H and O–H groups in total. The molecule has 0 radical (unpaired) electrons. The first-order valence-electron chi connectivity index (χ1n) is 10.2. The lowest BCUT2D eigenvalue weighted by molar-refractivity contribution is -0.186. The van der Waals surface area contributed by atoms with E-state index in [1.807, 2.05) is 60.7 Å². The topological polar surface area (TPSA) is 38.8 Å². The number of hydrogen-bond donors (Lipinski definition) is 0. The zero-order chi connectivity index (χ0) is 22.6. The fourth-order valence-electron chi connectivity index (χ4n) is 3.80. The Kier molecular flexibility index (Phi) is 6.58. The van der Waals surface area contributed by atoms with Crippen LogP contribution in [0.2, 0.25) is 0 Å². The van der Waals surface area contributed by atoms with Gasteiger partial charge in [0.25, 0.3) is 0 Å². The van der Waals surface area contributed by atoms with Crippen LogP contribution in [0.25, 0.3) is 0 Å². The molecule has 1 aliphatic heterocycles. The Labute approximate surface area is 184 Å². The lowest BCUT2D eigenvalue weighted by atomic mass is 10.0. The van der Waals surface area contributed by atoms with E-state index in [1.54, 1.807) is 0 Å². The van der Waals surface area contributed by atoms with Crippen LogP contribution in [0.1, 0.15) is 33.1 Å². The van der Waals surface area contributed by atoms with Gasteiger partial charge in [-0.05, 0) is 29.3 Å². The van der Waals surface area contributed by atoms with Gasteiger partial charge in [0.2, 0.25) is 6.29 Å². The van der Waals surface area contributed by atoms with Crippen LogP contribution in [0.15, 0.2) is 84.9 Å². The Morgan fingerprint density at radius 1 is 0.969 bits per heavy atom. The van der Waals surface area contributed by atoms with E-state index >= 15 is 0 Å². The SMILES string of the molecule is O=C(O[C@H]1OCCN(Cc2ccccc2)[C@H]1c1ccccc1)c1cccc(C(F)(F)F)c1. The van der Waals surface area contributed by atoms with Crippen LogP contribution in [0, 0.1) is 0 Å². The van der Waals surface area contributed by atoms with E-state index in [0.717, 1.165) is 23.3 Å². The van der Waals surface area contributed by atoms with Gasteiger partial charge in [0.05, 0.1) is 23.8 Å². The van der Waals surface area contributed by atoms with E-state index in [0.29, 0.717) is 19.7 Å². The predicted molar refractivity (Wildman–Crippen MR) is 113 cm³/mol. The molecule has 0 amide bonds. The molecule has 0 saturated carbocycles. The van der Waals surface area contributed by atoms with Crippen molar-refractivity contribution in [2.75, 3.05) is 13.2 Å². The van der Waals surface area contributed by atoms with Crippen molar-refractivity contribution in [3.63, 3.8) is 0 Å². The average molecular weight is 441 g/mol. The number of ether oxygens (including phenoxy) is 2. The van der Waals surface area contributed by atoms with E-state index in [4.69, 9.17) is 9.47 Å². The van der Waals surface area contributed by atoms with E-state index in [-0.39, 0.29) is 5.56 Å². The summed E-state index contributed by atoms with van der Waals surface area (Å²) in [6.07, 6.45) is -5.51. The number of morpholine rings is 1. The van der Waals surface area contributed by atoms with Gasteiger partial charge in [0, 0.05) is 13.1 Å². The van der Waals surface area contributed by atoms with Gasteiger partial charge in [-0.15, -0.1) is 0 Å². The van der Waals surface area contributed by atoms with Gasteiger partial charge in [0.15, 0.2) is 0 Å². The van der Waals surface area contributed by atoms with Crippen LogP contribution in [-0.4, -0.2) is 30.3 Å². The average Bonchev–Trinajstić information content (AvgIpc) is 2.80. The highest BCUT2D eigenvalue weighted by Gasteiger charge is 2.37. The van der Waals surface area contributed by atoms with Crippen LogP contribution in [0.3, 0.4) is 0 Å². The Balaban J connectivity index is 1.59. The van der Waals surface area contributed by atoms with Gasteiger partial charge >= 0.3 is 12.1 Å². The molecule has 166 valence electrons. The van der Waals surface area contributed by atoms with Crippen LogP contribution in [0.4, 0.5) is 13.2 Å². The maximum atomic E-state index is 13.0. The van der Waals surface area contributed by atoms with Crippen LogP contribution in [-0.2, 0) is 22.2 Å². The summed E-state index contributed by atoms with van der Waals surface area (Å²) in [4.78, 5) is 14.9. The van der Waals surface area contributed by atoms with Crippen molar-refractivity contribution < 1.29 is 27.4 Å². The largest absolute Gasteiger partial charge is 0.430 e. The summed E-state index contributed by atoms with van der Waals surface area (Å²) in [5.74, 6) is -0.858. The quantitative estimate of drug-likeness (QED) is 0.493. The standard InChI is InChI=1S/C25H22F3NO3/c26-25(27,28)21-13-7-12-20(16-21)23(30)32-24-22(19-10-5-2-6-11-19)29(14-15-31-24)17-18-8-3-1-4-9-18/h1-13,16,22,24H,14-15,17H2/t22-,24+/m0/s1. The molecule has 0 unspecified atom stereocenters. The molecule has 0 aliphatic carbocycles. The highest BCUT2D eigenvalue weighted by Crippen LogP contribution is 2.33. The molecule has 7 heteroatoms. The third kappa shape index (κ3) is 5.18. The highest BCUT2D eigenvalue weighted by molar-refractivity contribution is 5.89. The first-order valence-corrected chi connectivity index (χ1v) is 10.2. The van der Waals surface area contributed by atoms with Gasteiger partial charge < -0.3 is 9.47 Å². The number of benzene rings is 3. The number of carbonyl (C=O) groups excluding carboxylic acids is 1. The lowest BCUT2D eigenvalue weighted by Gasteiger charge is -2.40. The Bertz CT molecular complexity index is 1040. The summed E-state index contributed by atoms with van der Waals surface area (Å²) in [5.41, 5.74) is 0.917. The molecule has 1 saturated heterocycles. The Morgan fingerprint density at radius 2 is 1.66 bits per heavy atom. The molecule has 1 heterocycles. The number of nitrogens with zero attached hydrogens (tertiary/aromatic N) is 1. The summed E-state index contributed by atoms with van der Waals surface area (Å²) in [6.45, 7) is 1.56. The van der Waals surface area contributed by atoms with Crippen LogP contribution >= 0.6 is 0 Å². The normalized spacial score (nSPS) is 19.5. The van der Waals surface area contributed by atoms with Crippen molar-refractivity contribution in [2.45, 2.75) is 25.1 Å². The lowest BCUT2D eigenvalue weighted by Crippen LogP contribution is -2.46. The molecule has 4 nitrogen and oxygen atoms in total. The van der Waals surface area contributed by atoms with Crippen LogP contribution in [0.5, 0.6) is 0 Å². The van der Waals surface area contributed by atoms with Gasteiger partial charge in [-0.2, -0.15) is 13.2 Å². The van der Waals surface area contributed by atoms with Crippen LogP contribution < -0.4 is 0 Å². The molecule has 32 heavy (non-hydrogen) atoms. The number of rotatable bonds is 5. The van der Waals surface area contributed by atoms with Crippen molar-refractivity contribution in [2.24, 2.45) is 0 Å². The molecule has 0 spiro atoms. The van der Waals surface area contributed by atoms with Gasteiger partial charge in [-0.25, -0.2) is 4.79 Å². The number of esters is 1. The third-order valence-electron chi connectivity index (χ3n) is 5.33. The van der Waals surface area contributed by atoms with Crippen molar-refractivity contribution in [1.29, 1.82) is 0 Å². The third-order valence-corrected chi connectivity index (χ3v) is 5.33. The predicted octanol–water partition coefficient (Wildman–Crippen LogP) is 5.46. The van der Waals surface area contributed by atoms with Crippen molar-refractivity contribution in [3.05, 3.63) is 107 Å². The summed E-state index contributed by atoms with van der Waals surface area (Å²) in [6, 6.07) is 23.2. The molecular formula is C25H22F3NO3. The molecule has 2 atom stereocenters. The molecule has 1 fully saturated rings. The molecular weight excluding hydrogens is 419 g/mol. The molecule has 1 aliphatic rings.